The molecule has 2 atom stereocenters. The number of ether oxygens (including phenoxy) is 25. The lowest BCUT2D eigenvalue weighted by molar-refractivity contribution is -0.156. The third-order valence-corrected chi connectivity index (χ3v) is 17.5. The van der Waals surface area contributed by atoms with Crippen molar-refractivity contribution >= 4 is 45.4 Å². The zero-order valence-electron chi connectivity index (χ0n) is 80.8. The van der Waals surface area contributed by atoms with Crippen LogP contribution in [0.3, 0.4) is 0 Å². The molecular formula is C100H162O29. The molecule has 4 rings (SSSR count). The van der Waals surface area contributed by atoms with Gasteiger partial charge in [-0.15, -0.1) is 0 Å². The highest BCUT2D eigenvalue weighted by atomic mass is 16.6. The molecule has 129 heavy (non-hydrogen) atoms. The minimum atomic E-state index is -1.20. The quantitative estimate of drug-likeness (QED) is 0.0180. The SMILES string of the molecule is C=C(COCCOCCOCC)c1cccc(C(=C)COCCOCCOCC)c1.C=C(COCCOCCOCC)c1cccc(C(C)=COCCOCCOCC)c1.CC(=O)OC(C)=O.CCOCCOCCOC=C(C)c1cccc(C(C)=COCCOCCOCC)c1.CCOCCOCCOCC(C)(O)c1cccc(C(C)(O)COCCOCCOCC)c1. The number of esters is 2. The van der Waals surface area contributed by atoms with Crippen molar-refractivity contribution in [2.45, 2.75) is 115 Å². The molecule has 736 valence electrons. The zero-order chi connectivity index (χ0) is 95.2. The van der Waals surface area contributed by atoms with Crippen LogP contribution in [0.4, 0.5) is 0 Å². The topological polar surface area (TPSA) is 305 Å². The van der Waals surface area contributed by atoms with E-state index in [4.69, 9.17) is 114 Å². The lowest BCUT2D eigenvalue weighted by atomic mass is 9.90. The summed E-state index contributed by atoms with van der Waals surface area (Å²) in [5, 5.41) is 21.7. The molecule has 0 heterocycles. The van der Waals surface area contributed by atoms with Gasteiger partial charge in [0.25, 0.3) is 0 Å². The predicted molar refractivity (Wildman–Crippen MR) is 506 cm³/mol. The molecule has 0 aromatic heterocycles. The summed E-state index contributed by atoms with van der Waals surface area (Å²) in [6.45, 7) is 64.6. The van der Waals surface area contributed by atoms with Gasteiger partial charge in [-0.05, 0) is 192 Å². The number of carbonyl (C=O) groups is 2. The number of aliphatic hydroxyl groups is 2. The first kappa shape index (κ1) is 122. The minimum absolute atomic E-state index is 0.114. The summed E-state index contributed by atoms with van der Waals surface area (Å²) in [5.41, 5.74) is 11.3. The molecule has 29 nitrogen and oxygen atoms in total. The molecular weight excluding hydrogens is 1670 g/mol. The Bertz CT molecular complexity index is 3310. The average molecular weight is 1830 g/mol. The van der Waals surface area contributed by atoms with E-state index in [0.717, 1.165) is 66.8 Å². The first-order valence-electron chi connectivity index (χ1n) is 45.1. The summed E-state index contributed by atoms with van der Waals surface area (Å²) >= 11 is 0. The van der Waals surface area contributed by atoms with Crippen molar-refractivity contribution < 1.29 is 138 Å². The molecule has 0 fully saturated rings. The van der Waals surface area contributed by atoms with Gasteiger partial charge in [-0.25, -0.2) is 0 Å². The van der Waals surface area contributed by atoms with E-state index in [1.807, 2.05) is 125 Å². The van der Waals surface area contributed by atoms with Gasteiger partial charge in [0.05, 0.1) is 243 Å². The summed E-state index contributed by atoms with van der Waals surface area (Å²) in [7, 11) is 0. The lowest BCUT2D eigenvalue weighted by Crippen LogP contribution is -2.31. The molecule has 2 N–H and O–H groups in total. The summed E-state index contributed by atoms with van der Waals surface area (Å²) in [6, 6.07) is 31.8. The molecule has 0 aliphatic heterocycles. The van der Waals surface area contributed by atoms with Crippen molar-refractivity contribution in [3.63, 3.8) is 0 Å². The van der Waals surface area contributed by atoms with Crippen LogP contribution >= 0.6 is 0 Å². The largest absolute Gasteiger partial charge is 0.498 e. The van der Waals surface area contributed by atoms with Gasteiger partial charge in [-0.2, -0.15) is 0 Å². The van der Waals surface area contributed by atoms with Crippen molar-refractivity contribution in [1.29, 1.82) is 0 Å². The van der Waals surface area contributed by atoms with Gasteiger partial charge in [0.1, 0.15) is 31.0 Å². The first-order valence-corrected chi connectivity index (χ1v) is 45.1. The maximum absolute atomic E-state index is 10.9. The smallest absolute Gasteiger partial charge is 0.310 e. The van der Waals surface area contributed by atoms with Gasteiger partial charge < -0.3 is 129 Å². The van der Waals surface area contributed by atoms with Crippen LogP contribution in [-0.2, 0) is 139 Å². The third kappa shape index (κ3) is 71.3. The van der Waals surface area contributed by atoms with Crippen LogP contribution < -0.4 is 0 Å². The number of hydrogen-bond acceptors (Lipinski definition) is 29. The Labute approximate surface area is 772 Å². The second-order valence-corrected chi connectivity index (χ2v) is 28.5. The summed E-state index contributed by atoms with van der Waals surface area (Å²) < 4.78 is 134. The van der Waals surface area contributed by atoms with Gasteiger partial charge in [0, 0.05) is 66.7 Å². The second kappa shape index (κ2) is 86.4. The van der Waals surface area contributed by atoms with E-state index >= 15 is 0 Å². The van der Waals surface area contributed by atoms with Crippen molar-refractivity contribution in [3.05, 3.63) is 180 Å². The molecule has 0 spiro atoms. The molecule has 0 radical (unpaired) electrons. The minimum Gasteiger partial charge on any atom is -0.498 e. The van der Waals surface area contributed by atoms with Gasteiger partial charge in [0.15, 0.2) is 0 Å². The fourth-order valence-electron chi connectivity index (χ4n) is 10.5. The van der Waals surface area contributed by atoms with Crippen LogP contribution in [0.25, 0.3) is 33.4 Å². The van der Waals surface area contributed by atoms with Crippen molar-refractivity contribution in [2.75, 3.05) is 297 Å². The van der Waals surface area contributed by atoms with E-state index < -0.39 is 23.1 Å². The maximum Gasteiger partial charge on any atom is 0.310 e. The number of carbonyl (C=O) groups excluding carboxylic acids is 2. The molecule has 0 aliphatic rings. The van der Waals surface area contributed by atoms with E-state index in [0.29, 0.717) is 295 Å². The van der Waals surface area contributed by atoms with Crippen LogP contribution in [0.15, 0.2) is 136 Å². The number of rotatable bonds is 77. The number of hydrogen-bond donors (Lipinski definition) is 2. The van der Waals surface area contributed by atoms with E-state index in [1.54, 1.807) is 44.8 Å². The lowest BCUT2D eigenvalue weighted by Gasteiger charge is -2.28. The highest BCUT2D eigenvalue weighted by Gasteiger charge is 2.29. The van der Waals surface area contributed by atoms with Gasteiger partial charge >= 0.3 is 11.9 Å². The van der Waals surface area contributed by atoms with E-state index in [1.165, 1.54) is 13.8 Å². The van der Waals surface area contributed by atoms with Crippen LogP contribution in [0, 0.1) is 0 Å². The summed E-state index contributed by atoms with van der Waals surface area (Å²) in [6.07, 6.45) is 5.32. The average Bonchev–Trinajstić information content (AvgIpc) is 0.806. The van der Waals surface area contributed by atoms with Crippen LogP contribution in [0.1, 0.15) is 148 Å². The van der Waals surface area contributed by atoms with E-state index in [9.17, 15) is 19.8 Å². The Balaban J connectivity index is 0.00000165. The Kier molecular flexibility index (Phi) is 81.6. The third-order valence-electron chi connectivity index (χ3n) is 17.5. The molecule has 0 saturated heterocycles. The molecule has 4 aromatic rings. The first-order chi connectivity index (χ1) is 62.5. The standard InChI is InChI=1S/C24H42O8.3C24H38O6.C4H6O3/c1-5-27-10-12-29-14-16-31-19-23(3,25)21-8-7-9-22(18-21)24(4,26)20-32-17-15-30-13-11-28-6-2;3*1-5-25-10-12-27-14-16-29-19-21(3)23-8-7-9-24(18-23)22(4)20-30-17-15-28-13-11-26-6-2;1-3(5)7-4(2)6/h7-9,18,25-26H,5-6,10-17,19-20H2,1-4H3;7-9,18-20H,5-6,10-17H2,1-4H3;7-9,18,20H,3,5-6,10-17,19H2,1-2,4H3;7-9,18H,3-6,10-17,19-20H2,1-2H3;1-2H3. The van der Waals surface area contributed by atoms with Crippen LogP contribution in [-0.4, -0.2) is 319 Å². The maximum atomic E-state index is 10.9. The fraction of sp³-hybridized carbons (Fsp3) is 0.620. The van der Waals surface area contributed by atoms with Crippen LogP contribution in [0.2, 0.25) is 0 Å². The van der Waals surface area contributed by atoms with Gasteiger partial charge in [-0.3, -0.25) is 9.59 Å². The molecule has 0 bridgehead atoms. The monoisotopic (exact) mass is 1830 g/mol. The van der Waals surface area contributed by atoms with Crippen LogP contribution in [0.5, 0.6) is 0 Å². The molecule has 0 aliphatic carbocycles. The number of allylic oxidation sites excluding steroid dienone is 3. The summed E-state index contributed by atoms with van der Waals surface area (Å²) in [4.78, 5) is 19.6. The molecule has 0 saturated carbocycles. The highest BCUT2D eigenvalue weighted by molar-refractivity contribution is 5.82. The van der Waals surface area contributed by atoms with Crippen molar-refractivity contribution in [2.24, 2.45) is 0 Å². The fourth-order valence-corrected chi connectivity index (χ4v) is 10.5. The molecule has 2 unspecified atom stereocenters. The number of benzene rings is 4. The Morgan fingerprint density at radius 3 is 0.674 bits per heavy atom. The van der Waals surface area contributed by atoms with Gasteiger partial charge in [0.2, 0.25) is 0 Å². The predicted octanol–water partition coefficient (Wildman–Crippen LogP) is 14.9. The van der Waals surface area contributed by atoms with Crippen molar-refractivity contribution in [1.82, 2.24) is 0 Å². The van der Waals surface area contributed by atoms with Crippen molar-refractivity contribution in [3.8, 4) is 0 Å². The van der Waals surface area contributed by atoms with Gasteiger partial charge in [-0.1, -0.05) is 92.5 Å². The molecule has 29 heteroatoms. The highest BCUT2D eigenvalue weighted by Crippen LogP contribution is 2.29. The second-order valence-electron chi connectivity index (χ2n) is 28.5. The zero-order valence-corrected chi connectivity index (χ0v) is 80.8. The Morgan fingerprint density at radius 2 is 0.450 bits per heavy atom. The van der Waals surface area contributed by atoms with E-state index in [2.05, 4.69) is 60.9 Å². The molecule has 0 amide bonds. The summed E-state index contributed by atoms with van der Waals surface area (Å²) in [5.74, 6) is -1.12. The molecule has 4 aromatic carbocycles. The van der Waals surface area contributed by atoms with E-state index in [-0.39, 0.29) is 13.2 Å². The Hall–Kier alpha value is -7.06. The normalized spacial score (nSPS) is 12.4. The Morgan fingerprint density at radius 1 is 0.264 bits per heavy atom.